The van der Waals surface area contributed by atoms with E-state index in [4.69, 9.17) is 51.6 Å². The molecular weight excluding hydrogens is 631 g/mol. The minimum Gasteiger partial charge on any atom is -0.490 e. The van der Waals surface area contributed by atoms with Crippen molar-refractivity contribution in [3.8, 4) is 34.1 Å². The number of rotatable bonds is 19. The van der Waals surface area contributed by atoms with Gasteiger partial charge in [0.2, 0.25) is 0 Å². The van der Waals surface area contributed by atoms with Crippen molar-refractivity contribution in [3.05, 3.63) is 109 Å². The fourth-order valence-electron chi connectivity index (χ4n) is 4.15. The molecule has 0 fully saturated rings. The lowest BCUT2D eigenvalue weighted by Crippen LogP contribution is -2.31. The van der Waals surface area contributed by atoms with Crippen molar-refractivity contribution in [2.45, 2.75) is 25.0 Å². The molecule has 2 atom stereocenters. The summed E-state index contributed by atoms with van der Waals surface area (Å²) in [7, 11) is 0. The zero-order chi connectivity index (χ0) is 32.4. The highest BCUT2D eigenvalue weighted by molar-refractivity contribution is 6.19. The Morgan fingerprint density at radius 1 is 0.457 bits per heavy atom. The fourth-order valence-corrected chi connectivity index (χ4v) is 4.46. The Bertz CT molecular complexity index is 1340. The van der Waals surface area contributed by atoms with Gasteiger partial charge in [0, 0.05) is 11.8 Å². The predicted molar refractivity (Wildman–Crippen MR) is 177 cm³/mol. The maximum atomic E-state index is 12.1. The van der Waals surface area contributed by atoms with Gasteiger partial charge in [-0.3, -0.25) is 9.59 Å². The van der Waals surface area contributed by atoms with Crippen LogP contribution in [0.4, 0.5) is 0 Å². The summed E-state index contributed by atoms with van der Waals surface area (Å²) in [5.41, 5.74) is 1.95. The third-order valence-corrected chi connectivity index (χ3v) is 6.84. The Morgan fingerprint density at radius 3 is 1.07 bits per heavy atom. The van der Waals surface area contributed by atoms with Crippen LogP contribution in [0.15, 0.2) is 109 Å². The molecule has 0 heterocycles. The summed E-state index contributed by atoms with van der Waals surface area (Å²) >= 11 is 11.4. The van der Waals surface area contributed by atoms with Crippen molar-refractivity contribution >= 4 is 35.1 Å². The number of halogens is 2. The highest BCUT2D eigenvalue weighted by atomic mass is 35.5. The van der Waals surface area contributed by atoms with E-state index in [0.717, 1.165) is 11.1 Å². The molecule has 242 valence electrons. The number of alkyl halides is 2. The first-order chi connectivity index (χ1) is 22.5. The predicted octanol–water partition coefficient (Wildman–Crippen LogP) is 7.35. The molecule has 0 saturated heterocycles. The number of carbonyl (C=O) groups is 2. The lowest BCUT2D eigenvalue weighted by atomic mass is 10.1. The topological polar surface area (TPSA) is 89.5 Å². The van der Waals surface area contributed by atoms with E-state index in [0.29, 0.717) is 23.0 Å². The molecule has 4 aromatic rings. The molecule has 0 amide bonds. The van der Waals surface area contributed by atoms with Crippen molar-refractivity contribution < 1.29 is 38.0 Å². The van der Waals surface area contributed by atoms with E-state index in [-0.39, 0.29) is 51.0 Å². The van der Waals surface area contributed by atoms with Crippen LogP contribution in [0.25, 0.3) is 11.1 Å². The molecule has 0 aliphatic rings. The zero-order valence-electron chi connectivity index (χ0n) is 25.2. The smallest absolute Gasteiger partial charge is 0.307 e. The Kier molecular flexibility index (Phi) is 14.4. The van der Waals surface area contributed by atoms with Gasteiger partial charge in [0.05, 0.1) is 12.8 Å². The Morgan fingerprint density at radius 2 is 0.761 bits per heavy atom. The van der Waals surface area contributed by atoms with Gasteiger partial charge in [0.25, 0.3) is 0 Å². The van der Waals surface area contributed by atoms with Gasteiger partial charge < -0.3 is 28.4 Å². The molecule has 0 bridgehead atoms. The van der Waals surface area contributed by atoms with Crippen LogP contribution in [-0.2, 0) is 19.1 Å². The second kappa shape index (κ2) is 19.2. The number of ether oxygens (including phenoxy) is 6. The van der Waals surface area contributed by atoms with Gasteiger partial charge in [-0.1, -0.05) is 60.7 Å². The molecule has 0 spiro atoms. The molecular formula is C36H36Cl2O8. The summed E-state index contributed by atoms with van der Waals surface area (Å²) in [6.45, 7) is 0.512. The summed E-state index contributed by atoms with van der Waals surface area (Å²) < 4.78 is 34.4. The average Bonchev–Trinajstić information content (AvgIpc) is 3.09. The van der Waals surface area contributed by atoms with Crippen LogP contribution in [0.3, 0.4) is 0 Å². The zero-order valence-corrected chi connectivity index (χ0v) is 26.7. The van der Waals surface area contributed by atoms with E-state index in [2.05, 4.69) is 0 Å². The summed E-state index contributed by atoms with van der Waals surface area (Å²) in [5.74, 6) is 2.11. The van der Waals surface area contributed by atoms with Crippen molar-refractivity contribution in [2.75, 3.05) is 38.2 Å². The summed E-state index contributed by atoms with van der Waals surface area (Å²) in [6, 6.07) is 33.7. The standard InChI is InChI=1S/C36H36Cl2O8/c37-21-19-35(39)45-33(23-41-29-7-3-1-4-8-29)25-43-31-15-11-27(12-16-31)28-13-17-32(18-14-28)44-26-34(46-36(40)20-22-38)24-42-30-9-5-2-6-10-30/h1-18,33-34H,19-26H2. The molecule has 46 heavy (non-hydrogen) atoms. The third kappa shape index (κ3) is 12.2. The van der Waals surface area contributed by atoms with Gasteiger partial charge in [0.1, 0.15) is 49.4 Å². The number of benzene rings is 4. The van der Waals surface area contributed by atoms with Gasteiger partial charge in [-0.2, -0.15) is 0 Å². The van der Waals surface area contributed by atoms with E-state index < -0.39 is 24.1 Å². The van der Waals surface area contributed by atoms with Crippen LogP contribution < -0.4 is 18.9 Å². The molecule has 4 aromatic carbocycles. The summed E-state index contributed by atoms with van der Waals surface area (Å²) in [5, 5.41) is 0. The van der Waals surface area contributed by atoms with Gasteiger partial charge in [-0.25, -0.2) is 0 Å². The minimum atomic E-state index is -0.614. The second-order valence-electron chi connectivity index (χ2n) is 10.0. The molecule has 0 aliphatic carbocycles. The first-order valence-corrected chi connectivity index (χ1v) is 15.9. The molecule has 4 rings (SSSR count). The van der Waals surface area contributed by atoms with Crippen molar-refractivity contribution in [1.29, 1.82) is 0 Å². The Balaban J connectivity index is 1.29. The molecule has 8 nitrogen and oxygen atoms in total. The number of esters is 2. The molecule has 0 saturated carbocycles. The quantitative estimate of drug-likeness (QED) is 0.0758. The van der Waals surface area contributed by atoms with Crippen LogP contribution in [0.1, 0.15) is 12.8 Å². The number of hydrogen-bond acceptors (Lipinski definition) is 8. The maximum absolute atomic E-state index is 12.1. The second-order valence-corrected chi connectivity index (χ2v) is 10.8. The normalized spacial score (nSPS) is 12.0. The Labute approximate surface area is 279 Å². The first kappa shape index (κ1) is 34.5. The average molecular weight is 668 g/mol. The molecule has 0 N–H and O–H groups in total. The van der Waals surface area contributed by atoms with E-state index in [1.54, 1.807) is 0 Å². The number of hydrogen-bond donors (Lipinski definition) is 0. The highest BCUT2D eigenvalue weighted by Gasteiger charge is 2.18. The van der Waals surface area contributed by atoms with Crippen molar-refractivity contribution in [3.63, 3.8) is 0 Å². The number of para-hydroxylation sites is 2. The van der Waals surface area contributed by atoms with Gasteiger partial charge >= 0.3 is 11.9 Å². The summed E-state index contributed by atoms with van der Waals surface area (Å²) in [6.07, 6.45) is -1.02. The number of carbonyl (C=O) groups excluding carboxylic acids is 2. The van der Waals surface area contributed by atoms with Crippen LogP contribution >= 0.6 is 23.2 Å². The first-order valence-electron chi connectivity index (χ1n) is 14.8. The van der Waals surface area contributed by atoms with Crippen molar-refractivity contribution in [1.82, 2.24) is 0 Å². The molecule has 0 aliphatic heterocycles. The SMILES string of the molecule is O=C(CCCl)OC(COc1ccccc1)COc1ccc(-c2ccc(OCC(COc3ccccc3)OC(=O)CCCl)cc2)cc1. The highest BCUT2D eigenvalue weighted by Crippen LogP contribution is 2.25. The van der Waals surface area contributed by atoms with E-state index >= 15 is 0 Å². The van der Waals surface area contributed by atoms with E-state index in [9.17, 15) is 9.59 Å². The minimum absolute atomic E-state index is 0.104. The fraction of sp³-hybridized carbons (Fsp3) is 0.278. The lowest BCUT2D eigenvalue weighted by Gasteiger charge is -2.19. The van der Waals surface area contributed by atoms with Crippen molar-refractivity contribution in [2.24, 2.45) is 0 Å². The van der Waals surface area contributed by atoms with Gasteiger partial charge in [0.15, 0.2) is 12.2 Å². The monoisotopic (exact) mass is 666 g/mol. The Hall–Kier alpha value is -4.40. The van der Waals surface area contributed by atoms with E-state index in [1.165, 1.54) is 0 Å². The van der Waals surface area contributed by atoms with Gasteiger partial charge in [-0.05, 0) is 59.7 Å². The van der Waals surface area contributed by atoms with Crippen LogP contribution in [0.5, 0.6) is 23.0 Å². The maximum Gasteiger partial charge on any atom is 0.307 e. The largest absolute Gasteiger partial charge is 0.490 e. The molecule has 0 aromatic heterocycles. The van der Waals surface area contributed by atoms with Crippen LogP contribution in [0, 0.1) is 0 Å². The molecule has 10 heteroatoms. The van der Waals surface area contributed by atoms with E-state index in [1.807, 2.05) is 109 Å². The molecule has 2 unspecified atom stereocenters. The summed E-state index contributed by atoms with van der Waals surface area (Å²) in [4.78, 5) is 24.1. The van der Waals surface area contributed by atoms with Gasteiger partial charge in [-0.15, -0.1) is 23.2 Å². The molecule has 0 radical (unpaired) electrons. The van der Waals surface area contributed by atoms with Crippen LogP contribution in [0.2, 0.25) is 0 Å². The van der Waals surface area contributed by atoms with Crippen LogP contribution in [-0.4, -0.2) is 62.3 Å². The third-order valence-electron chi connectivity index (χ3n) is 6.47. The lowest BCUT2D eigenvalue weighted by molar-refractivity contribution is -0.152.